The second-order valence-corrected chi connectivity index (χ2v) is 8.12. The van der Waals surface area contributed by atoms with Crippen LogP contribution in [-0.2, 0) is 11.3 Å². The Morgan fingerprint density at radius 2 is 2.07 bits per heavy atom. The van der Waals surface area contributed by atoms with Gasteiger partial charge in [0.25, 0.3) is 5.91 Å². The molecule has 1 aliphatic heterocycles. The summed E-state index contributed by atoms with van der Waals surface area (Å²) in [6, 6.07) is 3.99. The fraction of sp³-hybridized carbons (Fsp3) is 0.526. The smallest absolute Gasteiger partial charge is 0.273 e. The normalized spacial score (nSPS) is 20.1. The fourth-order valence-corrected chi connectivity index (χ4v) is 4.03. The van der Waals surface area contributed by atoms with Gasteiger partial charge in [0.15, 0.2) is 5.69 Å². The van der Waals surface area contributed by atoms with Gasteiger partial charge in [-0.05, 0) is 47.3 Å². The number of aromatic amines is 1. The molecule has 2 aromatic rings. The molecule has 2 atom stereocenters. The number of hydrogen-bond donors (Lipinski definition) is 2. The van der Waals surface area contributed by atoms with Crippen LogP contribution in [0.1, 0.15) is 55.4 Å². The Hall–Kier alpha value is -1.93. The molecule has 2 aromatic heterocycles. The first-order chi connectivity index (χ1) is 12.8. The minimum absolute atomic E-state index is 0.192. The predicted octanol–water partition coefficient (Wildman–Crippen LogP) is 3.23. The second kappa shape index (κ2) is 8.39. The van der Waals surface area contributed by atoms with Crippen LogP contribution in [0, 0.1) is 0 Å². The minimum Gasteiger partial charge on any atom is -0.372 e. The number of ether oxygens (including phenoxy) is 1. The number of amides is 1. The highest BCUT2D eigenvalue weighted by Crippen LogP contribution is 2.25. The van der Waals surface area contributed by atoms with Gasteiger partial charge >= 0.3 is 0 Å². The Bertz CT molecular complexity index is 780. The second-order valence-electron chi connectivity index (χ2n) is 7.32. The standard InChI is InChI=1S/C19H26BrN5O2/c1-11(2)17-16(20)18(24-23-17)19(26)22-8-14-5-6-15(21-7-14)25-9-12(3)27-13(4)10-25/h5-7,11-13H,8-10H2,1-4H3,(H,22,26)(H,23,24). The summed E-state index contributed by atoms with van der Waals surface area (Å²) in [5.74, 6) is 0.976. The van der Waals surface area contributed by atoms with E-state index in [1.807, 2.05) is 26.0 Å². The number of aromatic nitrogens is 3. The fourth-order valence-electron chi connectivity index (χ4n) is 3.21. The molecule has 3 rings (SSSR count). The summed E-state index contributed by atoms with van der Waals surface area (Å²) in [6.45, 7) is 10.3. The third-order valence-corrected chi connectivity index (χ3v) is 5.33. The largest absolute Gasteiger partial charge is 0.372 e. The monoisotopic (exact) mass is 435 g/mol. The van der Waals surface area contributed by atoms with Crippen molar-refractivity contribution in [2.24, 2.45) is 0 Å². The van der Waals surface area contributed by atoms with Crippen molar-refractivity contribution in [3.05, 3.63) is 39.8 Å². The van der Waals surface area contributed by atoms with Crippen LogP contribution in [-0.4, -0.2) is 46.4 Å². The number of anilines is 1. The van der Waals surface area contributed by atoms with Gasteiger partial charge in [-0.15, -0.1) is 0 Å². The highest BCUT2D eigenvalue weighted by atomic mass is 79.9. The van der Waals surface area contributed by atoms with Crippen molar-refractivity contribution in [3.8, 4) is 0 Å². The molecule has 7 nitrogen and oxygen atoms in total. The summed E-state index contributed by atoms with van der Waals surface area (Å²) in [6.07, 6.45) is 2.19. The van der Waals surface area contributed by atoms with Crippen molar-refractivity contribution < 1.29 is 9.53 Å². The van der Waals surface area contributed by atoms with E-state index in [1.54, 1.807) is 6.20 Å². The Morgan fingerprint density at radius 3 is 2.63 bits per heavy atom. The van der Waals surface area contributed by atoms with Crippen LogP contribution >= 0.6 is 15.9 Å². The van der Waals surface area contributed by atoms with Crippen LogP contribution in [0.2, 0.25) is 0 Å². The molecule has 1 amide bonds. The highest BCUT2D eigenvalue weighted by molar-refractivity contribution is 9.10. The van der Waals surface area contributed by atoms with Crippen molar-refractivity contribution in [1.29, 1.82) is 0 Å². The van der Waals surface area contributed by atoms with Crippen LogP contribution < -0.4 is 10.2 Å². The number of pyridine rings is 1. The van der Waals surface area contributed by atoms with Gasteiger partial charge in [0.2, 0.25) is 0 Å². The van der Waals surface area contributed by atoms with E-state index in [-0.39, 0.29) is 24.0 Å². The molecule has 2 unspecified atom stereocenters. The minimum atomic E-state index is -0.218. The van der Waals surface area contributed by atoms with Gasteiger partial charge in [-0.3, -0.25) is 9.89 Å². The zero-order valence-corrected chi connectivity index (χ0v) is 17.7. The van der Waals surface area contributed by atoms with E-state index in [2.05, 4.69) is 55.2 Å². The summed E-state index contributed by atoms with van der Waals surface area (Å²) in [7, 11) is 0. The topological polar surface area (TPSA) is 83.1 Å². The molecule has 0 aliphatic carbocycles. The van der Waals surface area contributed by atoms with Crippen molar-refractivity contribution in [3.63, 3.8) is 0 Å². The number of morpholine rings is 1. The van der Waals surface area contributed by atoms with Crippen molar-refractivity contribution >= 4 is 27.7 Å². The molecule has 1 aliphatic rings. The zero-order chi connectivity index (χ0) is 19.6. The lowest BCUT2D eigenvalue weighted by atomic mass is 10.1. The van der Waals surface area contributed by atoms with E-state index in [1.165, 1.54) is 0 Å². The lowest BCUT2D eigenvalue weighted by Gasteiger charge is -2.36. The summed E-state index contributed by atoms with van der Waals surface area (Å²) in [5.41, 5.74) is 2.23. The average molecular weight is 436 g/mol. The molecule has 0 aromatic carbocycles. The van der Waals surface area contributed by atoms with Gasteiger partial charge in [0.1, 0.15) is 5.82 Å². The molecule has 1 saturated heterocycles. The predicted molar refractivity (Wildman–Crippen MR) is 108 cm³/mol. The number of nitrogens with zero attached hydrogens (tertiary/aromatic N) is 3. The number of rotatable bonds is 5. The van der Waals surface area contributed by atoms with Crippen LogP contribution in [0.4, 0.5) is 5.82 Å². The number of halogens is 1. The first kappa shape index (κ1) is 19.8. The first-order valence-corrected chi connectivity index (χ1v) is 10.0. The van der Waals surface area contributed by atoms with Crippen LogP contribution in [0.15, 0.2) is 22.8 Å². The summed E-state index contributed by atoms with van der Waals surface area (Å²) >= 11 is 3.46. The van der Waals surface area contributed by atoms with Crippen molar-refractivity contribution in [2.75, 3.05) is 18.0 Å². The molecule has 8 heteroatoms. The maximum atomic E-state index is 12.4. The molecular formula is C19H26BrN5O2. The number of hydrogen-bond acceptors (Lipinski definition) is 5. The van der Waals surface area contributed by atoms with Crippen molar-refractivity contribution in [2.45, 2.75) is 52.4 Å². The lowest BCUT2D eigenvalue weighted by molar-refractivity contribution is -0.00546. The number of carbonyl (C=O) groups excluding carboxylic acids is 1. The third kappa shape index (κ3) is 4.68. The Labute approximate surface area is 168 Å². The first-order valence-electron chi connectivity index (χ1n) is 9.22. The molecule has 0 bridgehead atoms. The molecular weight excluding hydrogens is 410 g/mol. The highest BCUT2D eigenvalue weighted by Gasteiger charge is 2.23. The lowest BCUT2D eigenvalue weighted by Crippen LogP contribution is -2.45. The summed E-state index contributed by atoms with van der Waals surface area (Å²) in [5, 5.41) is 9.93. The summed E-state index contributed by atoms with van der Waals surface area (Å²) < 4.78 is 6.49. The van der Waals surface area contributed by atoms with Gasteiger partial charge < -0.3 is 15.0 Å². The molecule has 27 heavy (non-hydrogen) atoms. The molecule has 1 fully saturated rings. The van der Waals surface area contributed by atoms with Gasteiger partial charge in [0.05, 0.1) is 22.4 Å². The van der Waals surface area contributed by atoms with Crippen LogP contribution in [0.5, 0.6) is 0 Å². The SMILES string of the molecule is CC1CN(c2ccc(CNC(=O)c3n[nH]c(C(C)C)c3Br)cn2)CC(C)O1. The molecule has 0 spiro atoms. The van der Waals surface area contributed by atoms with E-state index in [0.717, 1.165) is 34.6 Å². The maximum absolute atomic E-state index is 12.4. The Balaban J connectivity index is 1.59. The quantitative estimate of drug-likeness (QED) is 0.752. The van der Waals surface area contributed by atoms with Gasteiger partial charge in [-0.2, -0.15) is 5.10 Å². The molecule has 0 saturated carbocycles. The van der Waals surface area contributed by atoms with Crippen LogP contribution in [0.3, 0.4) is 0 Å². The van der Waals surface area contributed by atoms with Crippen molar-refractivity contribution in [1.82, 2.24) is 20.5 Å². The van der Waals surface area contributed by atoms with Gasteiger partial charge in [-0.1, -0.05) is 19.9 Å². The number of nitrogens with one attached hydrogen (secondary N) is 2. The van der Waals surface area contributed by atoms with Crippen LogP contribution in [0.25, 0.3) is 0 Å². The maximum Gasteiger partial charge on any atom is 0.273 e. The third-order valence-electron chi connectivity index (χ3n) is 4.53. The molecule has 3 heterocycles. The van der Waals surface area contributed by atoms with E-state index in [9.17, 15) is 4.79 Å². The molecule has 146 valence electrons. The molecule has 2 N–H and O–H groups in total. The van der Waals surface area contributed by atoms with E-state index < -0.39 is 0 Å². The number of carbonyl (C=O) groups is 1. The van der Waals surface area contributed by atoms with E-state index in [4.69, 9.17) is 4.74 Å². The van der Waals surface area contributed by atoms with E-state index >= 15 is 0 Å². The average Bonchev–Trinajstić information content (AvgIpc) is 3.01. The Kier molecular flexibility index (Phi) is 6.16. The number of H-pyrrole nitrogens is 1. The zero-order valence-electron chi connectivity index (χ0n) is 16.1. The molecule has 0 radical (unpaired) electrons. The van der Waals surface area contributed by atoms with Gasteiger partial charge in [-0.25, -0.2) is 4.98 Å². The van der Waals surface area contributed by atoms with Gasteiger partial charge in [0, 0.05) is 25.8 Å². The van der Waals surface area contributed by atoms with E-state index in [0.29, 0.717) is 12.2 Å². The summed E-state index contributed by atoms with van der Waals surface area (Å²) in [4.78, 5) is 19.2. The Morgan fingerprint density at radius 1 is 1.37 bits per heavy atom.